The molecule has 0 unspecified atom stereocenters. The minimum atomic E-state index is -3.93. The molecule has 9 heteroatoms. The monoisotopic (exact) mass is 415 g/mol. The van der Waals surface area contributed by atoms with Crippen molar-refractivity contribution in [1.82, 2.24) is 5.32 Å². The molecule has 4 N–H and O–H groups in total. The lowest BCUT2D eigenvalue weighted by molar-refractivity contribution is 0.0946. The fourth-order valence-corrected chi connectivity index (χ4v) is 3.50. The Hall–Kier alpha value is -2.16. The molecule has 148 valence electrons. The Bertz CT molecular complexity index is 910. The summed E-state index contributed by atoms with van der Waals surface area (Å²) in [6.07, 6.45) is 0. The van der Waals surface area contributed by atoms with Crippen LogP contribution in [0.4, 0.5) is 10.1 Å². The number of carbonyl (C=O) groups excluding carboxylic acids is 1. The van der Waals surface area contributed by atoms with Gasteiger partial charge in [0.25, 0.3) is 15.9 Å². The number of nitrogens with one attached hydrogen (secondary N) is 2. The standard InChI is InChI=1S/C18H22FN3O3S.ClH/c1-12-4-5-13(17(23)21-11-18(2,3)20)10-16(12)26(24,25)22-15-8-6-14(19)7-9-15;/h4-10,22H,11,20H2,1-3H3,(H,21,23);1H. The fourth-order valence-electron chi connectivity index (χ4n) is 2.17. The summed E-state index contributed by atoms with van der Waals surface area (Å²) in [6, 6.07) is 9.36. The van der Waals surface area contributed by atoms with Crippen molar-refractivity contribution >= 4 is 34.0 Å². The topological polar surface area (TPSA) is 101 Å². The van der Waals surface area contributed by atoms with Crippen molar-refractivity contribution in [2.75, 3.05) is 11.3 Å². The zero-order chi connectivity index (χ0) is 19.5. The van der Waals surface area contributed by atoms with Crippen LogP contribution >= 0.6 is 12.4 Å². The Morgan fingerprint density at radius 1 is 1.15 bits per heavy atom. The average molecular weight is 416 g/mol. The van der Waals surface area contributed by atoms with Crippen LogP contribution < -0.4 is 15.8 Å². The number of aryl methyl sites for hydroxylation is 1. The van der Waals surface area contributed by atoms with E-state index in [4.69, 9.17) is 5.73 Å². The third-order valence-corrected chi connectivity index (χ3v) is 5.06. The SMILES string of the molecule is Cc1ccc(C(=O)NCC(C)(C)N)cc1S(=O)(=O)Nc1ccc(F)cc1.Cl. The van der Waals surface area contributed by atoms with Gasteiger partial charge in [-0.2, -0.15) is 0 Å². The van der Waals surface area contributed by atoms with Crippen LogP contribution in [0.5, 0.6) is 0 Å². The second-order valence-electron chi connectivity index (χ2n) is 6.76. The number of hydrogen-bond acceptors (Lipinski definition) is 4. The van der Waals surface area contributed by atoms with Gasteiger partial charge in [0.05, 0.1) is 4.90 Å². The largest absolute Gasteiger partial charge is 0.350 e. The molecule has 2 aromatic carbocycles. The Labute approximate surface area is 164 Å². The van der Waals surface area contributed by atoms with Crippen molar-refractivity contribution in [2.45, 2.75) is 31.2 Å². The summed E-state index contributed by atoms with van der Waals surface area (Å²) in [4.78, 5) is 12.2. The molecule has 27 heavy (non-hydrogen) atoms. The van der Waals surface area contributed by atoms with Crippen molar-refractivity contribution < 1.29 is 17.6 Å². The van der Waals surface area contributed by atoms with Gasteiger partial charge in [0.15, 0.2) is 0 Å². The van der Waals surface area contributed by atoms with E-state index in [-0.39, 0.29) is 35.1 Å². The highest BCUT2D eigenvalue weighted by molar-refractivity contribution is 7.92. The van der Waals surface area contributed by atoms with Gasteiger partial charge < -0.3 is 11.1 Å². The van der Waals surface area contributed by atoms with Gasteiger partial charge in [-0.1, -0.05) is 6.07 Å². The Balaban J connectivity index is 0.00000364. The number of anilines is 1. The van der Waals surface area contributed by atoms with E-state index in [0.717, 1.165) is 12.1 Å². The zero-order valence-corrected chi connectivity index (χ0v) is 16.9. The number of sulfonamides is 1. The molecule has 0 aliphatic heterocycles. The highest BCUT2D eigenvalue weighted by Gasteiger charge is 2.20. The third-order valence-electron chi connectivity index (χ3n) is 3.54. The molecule has 0 fully saturated rings. The molecule has 6 nitrogen and oxygen atoms in total. The van der Waals surface area contributed by atoms with Crippen LogP contribution in [0.1, 0.15) is 29.8 Å². The summed E-state index contributed by atoms with van der Waals surface area (Å²) in [7, 11) is -3.93. The smallest absolute Gasteiger partial charge is 0.262 e. The Kier molecular flexibility index (Phi) is 7.36. The molecular formula is C18H23ClFN3O3S. The predicted molar refractivity (Wildman–Crippen MR) is 106 cm³/mol. The van der Waals surface area contributed by atoms with E-state index in [9.17, 15) is 17.6 Å². The number of carbonyl (C=O) groups is 1. The average Bonchev–Trinajstić information content (AvgIpc) is 2.54. The van der Waals surface area contributed by atoms with Crippen LogP contribution in [0, 0.1) is 12.7 Å². The molecule has 0 atom stereocenters. The lowest BCUT2D eigenvalue weighted by Gasteiger charge is -2.19. The molecule has 0 aromatic heterocycles. The number of rotatable bonds is 6. The zero-order valence-electron chi connectivity index (χ0n) is 15.2. The molecule has 0 saturated heterocycles. The summed E-state index contributed by atoms with van der Waals surface area (Å²) in [5.41, 5.74) is 6.17. The fraction of sp³-hybridized carbons (Fsp3) is 0.278. The van der Waals surface area contributed by atoms with Gasteiger partial charge in [0.1, 0.15) is 5.82 Å². The maximum atomic E-state index is 13.0. The first kappa shape index (κ1) is 22.9. The number of nitrogens with two attached hydrogens (primary N) is 1. The predicted octanol–water partition coefficient (Wildman–Crippen LogP) is 2.82. The number of halogens is 2. The molecule has 0 saturated carbocycles. The van der Waals surface area contributed by atoms with Gasteiger partial charge in [-0.3, -0.25) is 9.52 Å². The summed E-state index contributed by atoms with van der Waals surface area (Å²) in [5.74, 6) is -0.882. The number of hydrogen-bond donors (Lipinski definition) is 3. The summed E-state index contributed by atoms with van der Waals surface area (Å²) < 4.78 is 40.6. The van der Waals surface area contributed by atoms with Gasteiger partial charge >= 0.3 is 0 Å². The molecule has 0 heterocycles. The summed E-state index contributed by atoms with van der Waals surface area (Å²) in [5, 5.41) is 2.67. The van der Waals surface area contributed by atoms with Crippen molar-refractivity contribution in [2.24, 2.45) is 5.73 Å². The van der Waals surface area contributed by atoms with Gasteiger partial charge in [-0.15, -0.1) is 12.4 Å². The van der Waals surface area contributed by atoms with E-state index in [1.165, 1.54) is 18.2 Å². The molecule has 0 spiro atoms. The first-order valence-electron chi connectivity index (χ1n) is 7.94. The van der Waals surface area contributed by atoms with Crippen LogP contribution in [-0.2, 0) is 10.0 Å². The molecule has 0 aliphatic carbocycles. The van der Waals surface area contributed by atoms with Gasteiger partial charge in [-0.25, -0.2) is 12.8 Å². The summed E-state index contributed by atoms with van der Waals surface area (Å²) >= 11 is 0. The van der Waals surface area contributed by atoms with Crippen LogP contribution in [0.25, 0.3) is 0 Å². The van der Waals surface area contributed by atoms with E-state index in [1.807, 2.05) is 0 Å². The molecule has 2 aromatic rings. The minimum absolute atomic E-state index is 0. The van der Waals surface area contributed by atoms with Gasteiger partial charge in [-0.05, 0) is 62.7 Å². The first-order chi connectivity index (χ1) is 12.0. The van der Waals surface area contributed by atoms with Crippen molar-refractivity contribution in [1.29, 1.82) is 0 Å². The molecule has 0 bridgehead atoms. The van der Waals surface area contributed by atoms with E-state index < -0.39 is 27.3 Å². The van der Waals surface area contributed by atoms with E-state index in [1.54, 1.807) is 32.9 Å². The third kappa shape index (κ3) is 6.50. The normalized spacial score (nSPS) is 11.4. The Morgan fingerprint density at radius 3 is 2.30 bits per heavy atom. The maximum Gasteiger partial charge on any atom is 0.262 e. The number of benzene rings is 2. The van der Waals surface area contributed by atoms with Crippen molar-refractivity contribution in [3.63, 3.8) is 0 Å². The Morgan fingerprint density at radius 2 is 1.74 bits per heavy atom. The quantitative estimate of drug-likeness (QED) is 0.675. The van der Waals surface area contributed by atoms with E-state index >= 15 is 0 Å². The van der Waals surface area contributed by atoms with Crippen molar-refractivity contribution in [3.8, 4) is 0 Å². The van der Waals surface area contributed by atoms with E-state index in [2.05, 4.69) is 10.0 Å². The lowest BCUT2D eigenvalue weighted by Crippen LogP contribution is -2.45. The van der Waals surface area contributed by atoms with Gasteiger partial charge in [0, 0.05) is 23.3 Å². The van der Waals surface area contributed by atoms with Crippen molar-refractivity contribution in [3.05, 3.63) is 59.4 Å². The highest BCUT2D eigenvalue weighted by atomic mass is 35.5. The van der Waals surface area contributed by atoms with Gasteiger partial charge in [0.2, 0.25) is 0 Å². The number of amides is 1. The molecule has 1 amide bonds. The molecule has 0 radical (unpaired) electrons. The van der Waals surface area contributed by atoms with E-state index in [0.29, 0.717) is 5.56 Å². The minimum Gasteiger partial charge on any atom is -0.350 e. The summed E-state index contributed by atoms with van der Waals surface area (Å²) in [6.45, 7) is 5.41. The molecule has 0 aliphatic rings. The van der Waals surface area contributed by atoms with Crippen LogP contribution in [0.2, 0.25) is 0 Å². The molecular weight excluding hydrogens is 393 g/mol. The van der Waals surface area contributed by atoms with Crippen LogP contribution in [-0.4, -0.2) is 26.4 Å². The van der Waals surface area contributed by atoms with Crippen LogP contribution in [0.15, 0.2) is 47.4 Å². The highest BCUT2D eigenvalue weighted by Crippen LogP contribution is 2.21. The maximum absolute atomic E-state index is 13.0. The second kappa shape index (κ2) is 8.69. The first-order valence-corrected chi connectivity index (χ1v) is 9.42. The second-order valence-corrected chi connectivity index (χ2v) is 8.41. The van der Waals surface area contributed by atoms with Crippen LogP contribution in [0.3, 0.4) is 0 Å². The molecule has 2 rings (SSSR count). The lowest BCUT2D eigenvalue weighted by atomic mass is 10.1.